The summed E-state index contributed by atoms with van der Waals surface area (Å²) in [7, 11) is -3.48. The van der Waals surface area contributed by atoms with Crippen LogP contribution >= 0.6 is 0 Å². The summed E-state index contributed by atoms with van der Waals surface area (Å²) in [5.41, 5.74) is 3.61. The van der Waals surface area contributed by atoms with Crippen molar-refractivity contribution in [1.82, 2.24) is 29.8 Å². The first-order valence-corrected chi connectivity index (χ1v) is 12.0. The van der Waals surface area contributed by atoms with Crippen LogP contribution in [0.1, 0.15) is 11.1 Å². The Morgan fingerprint density at radius 3 is 2.45 bits per heavy atom. The number of anilines is 2. The van der Waals surface area contributed by atoms with Gasteiger partial charge in [0.05, 0.1) is 16.6 Å². The van der Waals surface area contributed by atoms with E-state index in [1.165, 1.54) is 4.31 Å². The standard InChI is InChI=1S/C23H23N7O2S/c31-33(32,30-12-10-24-11-13-30)20-8-6-19(7-9-20)28-23-25-14-17(15-26-23)4-5-18-2-1-3-22-21(18)16-27-29-22/h1-9,14-16,24H,10-13H2,(H,27,29)(H,25,26,28). The Balaban J connectivity index is 1.25. The van der Waals surface area contributed by atoms with Gasteiger partial charge in [0.2, 0.25) is 16.0 Å². The fourth-order valence-corrected chi connectivity index (χ4v) is 5.13. The van der Waals surface area contributed by atoms with E-state index in [2.05, 4.69) is 30.8 Å². The quantitative estimate of drug-likeness (QED) is 0.404. The molecule has 33 heavy (non-hydrogen) atoms. The molecular weight excluding hydrogens is 438 g/mol. The van der Waals surface area contributed by atoms with Gasteiger partial charge < -0.3 is 10.6 Å². The molecular formula is C23H23N7O2S. The Bertz CT molecular complexity index is 1370. The van der Waals surface area contributed by atoms with Crippen molar-refractivity contribution in [3.8, 4) is 0 Å². The summed E-state index contributed by atoms with van der Waals surface area (Å²) in [5.74, 6) is 0.432. The van der Waals surface area contributed by atoms with Crippen LogP contribution in [0.3, 0.4) is 0 Å². The van der Waals surface area contributed by atoms with Gasteiger partial charge in [-0.15, -0.1) is 0 Å². The van der Waals surface area contributed by atoms with Crippen LogP contribution in [0, 0.1) is 0 Å². The number of benzene rings is 2. The molecule has 1 aliphatic rings. The smallest absolute Gasteiger partial charge is 0.243 e. The Morgan fingerprint density at radius 2 is 1.70 bits per heavy atom. The number of nitrogens with one attached hydrogen (secondary N) is 3. The second-order valence-electron chi connectivity index (χ2n) is 7.66. The van der Waals surface area contributed by atoms with E-state index < -0.39 is 10.0 Å². The van der Waals surface area contributed by atoms with Crippen molar-refractivity contribution in [3.05, 3.63) is 72.2 Å². The van der Waals surface area contributed by atoms with Crippen molar-refractivity contribution in [3.63, 3.8) is 0 Å². The van der Waals surface area contributed by atoms with E-state index >= 15 is 0 Å². The first-order chi connectivity index (χ1) is 16.1. The molecule has 10 heteroatoms. The Labute approximate surface area is 191 Å². The zero-order valence-corrected chi connectivity index (χ0v) is 18.6. The van der Waals surface area contributed by atoms with Crippen molar-refractivity contribution in [2.45, 2.75) is 4.90 Å². The molecule has 9 nitrogen and oxygen atoms in total. The highest BCUT2D eigenvalue weighted by Crippen LogP contribution is 2.21. The maximum absolute atomic E-state index is 12.8. The Kier molecular flexibility index (Phi) is 5.86. The van der Waals surface area contributed by atoms with Gasteiger partial charge in [0.1, 0.15) is 0 Å². The summed E-state index contributed by atoms with van der Waals surface area (Å²) >= 11 is 0. The number of rotatable bonds is 6. The number of sulfonamides is 1. The zero-order chi connectivity index (χ0) is 22.7. The summed E-state index contributed by atoms with van der Waals surface area (Å²) in [6.07, 6.45) is 9.20. The lowest BCUT2D eigenvalue weighted by Crippen LogP contribution is -2.46. The van der Waals surface area contributed by atoms with E-state index in [1.54, 1.807) is 42.9 Å². The molecule has 0 spiro atoms. The lowest BCUT2D eigenvalue weighted by atomic mass is 10.1. The van der Waals surface area contributed by atoms with Crippen LogP contribution in [0.25, 0.3) is 23.1 Å². The van der Waals surface area contributed by atoms with Gasteiger partial charge in [0.25, 0.3) is 0 Å². The van der Waals surface area contributed by atoms with E-state index in [1.807, 2.05) is 30.4 Å². The van der Waals surface area contributed by atoms with Crippen LogP contribution in [-0.2, 0) is 10.0 Å². The largest absolute Gasteiger partial charge is 0.324 e. The number of hydrogen-bond donors (Lipinski definition) is 3. The lowest BCUT2D eigenvalue weighted by molar-refractivity contribution is 0.360. The first kappa shape index (κ1) is 21.3. The van der Waals surface area contributed by atoms with Crippen LogP contribution in [0.4, 0.5) is 11.6 Å². The molecule has 0 atom stereocenters. The molecule has 0 amide bonds. The minimum Gasteiger partial charge on any atom is -0.324 e. The van der Waals surface area contributed by atoms with Gasteiger partial charge in [-0.25, -0.2) is 18.4 Å². The average molecular weight is 462 g/mol. The van der Waals surface area contributed by atoms with Crippen molar-refractivity contribution >= 4 is 44.7 Å². The summed E-state index contributed by atoms with van der Waals surface area (Å²) in [6, 6.07) is 12.6. The predicted octanol–water partition coefficient (Wildman–Crippen LogP) is 2.86. The fraction of sp³-hybridized carbons (Fsp3) is 0.174. The molecule has 168 valence electrons. The molecule has 3 heterocycles. The Hall–Kier alpha value is -3.60. The van der Waals surface area contributed by atoms with E-state index in [0.717, 1.165) is 22.0 Å². The van der Waals surface area contributed by atoms with Crippen molar-refractivity contribution < 1.29 is 8.42 Å². The van der Waals surface area contributed by atoms with Gasteiger partial charge in [-0.1, -0.05) is 24.3 Å². The monoisotopic (exact) mass is 461 g/mol. The molecule has 1 saturated heterocycles. The highest BCUT2D eigenvalue weighted by molar-refractivity contribution is 7.89. The average Bonchev–Trinajstić information content (AvgIpc) is 3.34. The topological polar surface area (TPSA) is 116 Å². The summed E-state index contributed by atoms with van der Waals surface area (Å²) in [4.78, 5) is 9.00. The van der Waals surface area contributed by atoms with Gasteiger partial charge >= 0.3 is 0 Å². The van der Waals surface area contributed by atoms with Crippen molar-refractivity contribution in [2.24, 2.45) is 0 Å². The minimum absolute atomic E-state index is 0.281. The highest BCUT2D eigenvalue weighted by atomic mass is 32.2. The maximum atomic E-state index is 12.8. The molecule has 2 aromatic heterocycles. The third-order valence-corrected chi connectivity index (χ3v) is 7.38. The molecule has 0 saturated carbocycles. The van der Waals surface area contributed by atoms with Gasteiger partial charge in [0, 0.05) is 55.2 Å². The van der Waals surface area contributed by atoms with Gasteiger partial charge in [0.15, 0.2) is 0 Å². The van der Waals surface area contributed by atoms with Gasteiger partial charge in [-0.05, 0) is 35.9 Å². The number of H-pyrrole nitrogens is 1. The van der Waals surface area contributed by atoms with Gasteiger partial charge in [-0.3, -0.25) is 5.10 Å². The molecule has 0 unspecified atom stereocenters. The fourth-order valence-electron chi connectivity index (χ4n) is 3.68. The SMILES string of the molecule is O=S(=O)(c1ccc(Nc2ncc(C=Cc3cccc4[nH]ncc34)cn2)cc1)N1CCNCC1. The van der Waals surface area contributed by atoms with Crippen molar-refractivity contribution in [1.29, 1.82) is 0 Å². The predicted molar refractivity (Wildman–Crippen MR) is 128 cm³/mol. The minimum atomic E-state index is -3.48. The molecule has 1 aliphatic heterocycles. The van der Waals surface area contributed by atoms with Crippen LogP contribution in [0.2, 0.25) is 0 Å². The molecule has 1 fully saturated rings. The van der Waals surface area contributed by atoms with E-state index in [4.69, 9.17) is 0 Å². The van der Waals surface area contributed by atoms with Gasteiger partial charge in [-0.2, -0.15) is 9.40 Å². The maximum Gasteiger partial charge on any atom is 0.243 e. The zero-order valence-electron chi connectivity index (χ0n) is 17.8. The molecule has 0 bridgehead atoms. The van der Waals surface area contributed by atoms with Crippen LogP contribution in [0.5, 0.6) is 0 Å². The van der Waals surface area contributed by atoms with Crippen molar-refractivity contribution in [2.75, 3.05) is 31.5 Å². The van der Waals surface area contributed by atoms with E-state index in [9.17, 15) is 8.42 Å². The lowest BCUT2D eigenvalue weighted by Gasteiger charge is -2.26. The number of piperazine rings is 1. The first-order valence-electron chi connectivity index (χ1n) is 10.6. The number of aromatic amines is 1. The van der Waals surface area contributed by atoms with E-state index in [-0.39, 0.29) is 4.90 Å². The summed E-state index contributed by atoms with van der Waals surface area (Å²) in [6.45, 7) is 2.29. The third-order valence-electron chi connectivity index (χ3n) is 5.47. The number of hydrogen-bond acceptors (Lipinski definition) is 7. The van der Waals surface area contributed by atoms with Crippen LogP contribution in [-0.4, -0.2) is 59.1 Å². The van der Waals surface area contributed by atoms with Crippen LogP contribution < -0.4 is 10.6 Å². The Morgan fingerprint density at radius 1 is 0.939 bits per heavy atom. The molecule has 5 rings (SSSR count). The molecule has 0 radical (unpaired) electrons. The molecule has 2 aromatic carbocycles. The molecule has 3 N–H and O–H groups in total. The molecule has 0 aliphatic carbocycles. The number of fused-ring (bicyclic) bond motifs is 1. The van der Waals surface area contributed by atoms with E-state index in [0.29, 0.717) is 37.8 Å². The number of aromatic nitrogens is 4. The van der Waals surface area contributed by atoms with Crippen LogP contribution in [0.15, 0.2) is 66.0 Å². The third kappa shape index (κ3) is 4.63. The number of nitrogens with zero attached hydrogens (tertiary/aromatic N) is 4. The molecule has 4 aromatic rings. The second-order valence-corrected chi connectivity index (χ2v) is 9.59. The normalized spacial score (nSPS) is 15.3. The highest BCUT2D eigenvalue weighted by Gasteiger charge is 2.25. The summed E-state index contributed by atoms with van der Waals surface area (Å²) < 4.78 is 27.0. The second kappa shape index (κ2) is 9.10. The summed E-state index contributed by atoms with van der Waals surface area (Å²) in [5, 5.41) is 14.4.